The van der Waals surface area contributed by atoms with E-state index in [2.05, 4.69) is 15.3 Å². The minimum atomic E-state index is -0.0829. The van der Waals surface area contributed by atoms with Gasteiger partial charge in [0, 0.05) is 18.3 Å². The minimum Gasteiger partial charge on any atom is -0.352 e. The highest BCUT2D eigenvalue weighted by molar-refractivity contribution is 5.80. The molecule has 0 aromatic carbocycles. The lowest BCUT2D eigenvalue weighted by Gasteiger charge is -2.21. The number of amides is 1. The van der Waals surface area contributed by atoms with Crippen molar-refractivity contribution in [1.82, 2.24) is 15.3 Å². The molecule has 0 bridgehead atoms. The molecule has 1 aromatic heterocycles. The summed E-state index contributed by atoms with van der Waals surface area (Å²) in [6, 6.07) is 3.71. The Bertz CT molecular complexity index is 492. The first-order chi connectivity index (χ1) is 8.96. The van der Waals surface area contributed by atoms with E-state index in [1.807, 2.05) is 26.8 Å². The lowest BCUT2D eigenvalue weighted by atomic mass is 10.3. The van der Waals surface area contributed by atoms with Gasteiger partial charge in [-0.1, -0.05) is 0 Å². The number of anilines is 1. The van der Waals surface area contributed by atoms with Gasteiger partial charge in [-0.05, 0) is 33.8 Å². The van der Waals surface area contributed by atoms with Crippen molar-refractivity contribution in [2.75, 3.05) is 18.0 Å². The summed E-state index contributed by atoms with van der Waals surface area (Å²) in [6.07, 6.45) is 0. The van der Waals surface area contributed by atoms with Crippen LogP contribution in [0.25, 0.3) is 0 Å². The second-order valence-electron chi connectivity index (χ2n) is 4.54. The third kappa shape index (κ3) is 4.54. The Morgan fingerprint density at radius 3 is 2.74 bits per heavy atom. The molecular formula is C13H19N5O. The van der Waals surface area contributed by atoms with Crippen LogP contribution in [-0.2, 0) is 4.79 Å². The van der Waals surface area contributed by atoms with E-state index in [1.54, 1.807) is 17.9 Å². The average molecular weight is 261 g/mol. The number of carbonyl (C=O) groups is 1. The topological polar surface area (TPSA) is 81.9 Å². The van der Waals surface area contributed by atoms with Crippen LogP contribution in [0.4, 0.5) is 5.95 Å². The van der Waals surface area contributed by atoms with Crippen LogP contribution in [0.1, 0.15) is 32.2 Å². The number of nitrogens with one attached hydrogen (secondary N) is 1. The predicted molar refractivity (Wildman–Crippen MR) is 72.6 cm³/mol. The van der Waals surface area contributed by atoms with Gasteiger partial charge < -0.3 is 10.2 Å². The lowest BCUT2D eigenvalue weighted by molar-refractivity contribution is -0.120. The maximum atomic E-state index is 11.8. The van der Waals surface area contributed by atoms with Crippen LogP contribution in [0, 0.1) is 18.3 Å². The predicted octanol–water partition coefficient (Wildman–Crippen LogP) is 1.01. The number of hydrogen-bond donors (Lipinski definition) is 1. The maximum Gasteiger partial charge on any atom is 0.239 e. The van der Waals surface area contributed by atoms with Crippen molar-refractivity contribution in [1.29, 1.82) is 5.26 Å². The standard InChI is InChI=1S/C13H19N5O/c1-5-18(8-12(19)15-9(2)3)13-16-10(4)6-11(7-14)17-13/h6,9H,5,8H2,1-4H3,(H,15,19). The van der Waals surface area contributed by atoms with Crippen LogP contribution in [-0.4, -0.2) is 35.0 Å². The van der Waals surface area contributed by atoms with Gasteiger partial charge >= 0.3 is 0 Å². The molecule has 0 saturated heterocycles. The summed E-state index contributed by atoms with van der Waals surface area (Å²) in [7, 11) is 0. The van der Waals surface area contributed by atoms with Gasteiger partial charge in [0.2, 0.25) is 11.9 Å². The van der Waals surface area contributed by atoms with Crippen molar-refractivity contribution in [2.24, 2.45) is 0 Å². The van der Waals surface area contributed by atoms with Crippen molar-refractivity contribution < 1.29 is 4.79 Å². The van der Waals surface area contributed by atoms with Gasteiger partial charge in [-0.25, -0.2) is 9.97 Å². The van der Waals surface area contributed by atoms with Crippen molar-refractivity contribution in [2.45, 2.75) is 33.7 Å². The molecule has 19 heavy (non-hydrogen) atoms. The first-order valence-electron chi connectivity index (χ1n) is 6.26. The molecule has 0 aliphatic carbocycles. The Hall–Kier alpha value is -2.16. The van der Waals surface area contributed by atoms with Crippen LogP contribution in [0.15, 0.2) is 6.07 Å². The Morgan fingerprint density at radius 1 is 1.53 bits per heavy atom. The van der Waals surface area contributed by atoms with E-state index in [4.69, 9.17) is 5.26 Å². The van der Waals surface area contributed by atoms with E-state index in [9.17, 15) is 4.79 Å². The van der Waals surface area contributed by atoms with Gasteiger partial charge in [0.05, 0.1) is 6.54 Å². The van der Waals surface area contributed by atoms with Crippen molar-refractivity contribution >= 4 is 11.9 Å². The molecule has 0 radical (unpaired) electrons. The fraction of sp³-hybridized carbons (Fsp3) is 0.538. The van der Waals surface area contributed by atoms with E-state index in [0.29, 0.717) is 23.9 Å². The molecule has 0 aliphatic rings. The van der Waals surface area contributed by atoms with Gasteiger partial charge in [0.15, 0.2) is 0 Å². The highest BCUT2D eigenvalue weighted by Crippen LogP contribution is 2.09. The summed E-state index contributed by atoms with van der Waals surface area (Å²) >= 11 is 0. The van der Waals surface area contributed by atoms with Gasteiger partial charge in [-0.2, -0.15) is 5.26 Å². The summed E-state index contributed by atoms with van der Waals surface area (Å²) in [5.74, 6) is 0.332. The number of carbonyl (C=O) groups excluding carboxylic acids is 1. The van der Waals surface area contributed by atoms with E-state index >= 15 is 0 Å². The van der Waals surface area contributed by atoms with Gasteiger partial charge in [-0.15, -0.1) is 0 Å². The quantitative estimate of drug-likeness (QED) is 0.855. The fourth-order valence-corrected chi connectivity index (χ4v) is 1.62. The van der Waals surface area contributed by atoms with Crippen molar-refractivity contribution in [3.05, 3.63) is 17.5 Å². The molecular weight excluding hydrogens is 242 g/mol. The molecule has 1 rings (SSSR count). The molecule has 0 atom stereocenters. The van der Waals surface area contributed by atoms with E-state index < -0.39 is 0 Å². The summed E-state index contributed by atoms with van der Waals surface area (Å²) in [6.45, 7) is 8.31. The average Bonchev–Trinajstić information content (AvgIpc) is 2.34. The third-order valence-electron chi connectivity index (χ3n) is 2.41. The number of likely N-dealkylation sites (N-methyl/N-ethyl adjacent to an activating group) is 1. The zero-order chi connectivity index (χ0) is 14.4. The zero-order valence-corrected chi connectivity index (χ0v) is 11.8. The van der Waals surface area contributed by atoms with Crippen LogP contribution in [0.2, 0.25) is 0 Å². The monoisotopic (exact) mass is 261 g/mol. The molecule has 6 heteroatoms. The van der Waals surface area contributed by atoms with Crippen LogP contribution in [0.3, 0.4) is 0 Å². The van der Waals surface area contributed by atoms with Crippen LogP contribution < -0.4 is 10.2 Å². The van der Waals surface area contributed by atoms with E-state index in [1.165, 1.54) is 0 Å². The molecule has 0 fully saturated rings. The summed E-state index contributed by atoms with van der Waals surface area (Å²) in [5.41, 5.74) is 1.02. The number of nitriles is 1. The number of aromatic nitrogens is 2. The summed E-state index contributed by atoms with van der Waals surface area (Å²) in [5, 5.41) is 11.7. The number of aryl methyl sites for hydroxylation is 1. The maximum absolute atomic E-state index is 11.8. The fourth-order valence-electron chi connectivity index (χ4n) is 1.62. The lowest BCUT2D eigenvalue weighted by Crippen LogP contribution is -2.40. The molecule has 1 amide bonds. The largest absolute Gasteiger partial charge is 0.352 e. The number of hydrogen-bond acceptors (Lipinski definition) is 5. The second-order valence-corrected chi connectivity index (χ2v) is 4.54. The molecule has 1 N–H and O–H groups in total. The molecule has 0 saturated carbocycles. The first kappa shape index (κ1) is 14.9. The van der Waals surface area contributed by atoms with Crippen LogP contribution in [0.5, 0.6) is 0 Å². The molecule has 1 heterocycles. The third-order valence-corrected chi connectivity index (χ3v) is 2.41. The normalized spacial score (nSPS) is 10.1. The Kier molecular flexibility index (Phi) is 5.24. The zero-order valence-electron chi connectivity index (χ0n) is 11.8. The Morgan fingerprint density at radius 2 is 2.21 bits per heavy atom. The summed E-state index contributed by atoms with van der Waals surface area (Å²) < 4.78 is 0. The van der Waals surface area contributed by atoms with Crippen LogP contribution >= 0.6 is 0 Å². The number of nitrogens with zero attached hydrogens (tertiary/aromatic N) is 4. The highest BCUT2D eigenvalue weighted by atomic mass is 16.2. The van der Waals surface area contributed by atoms with E-state index in [0.717, 1.165) is 0 Å². The highest BCUT2D eigenvalue weighted by Gasteiger charge is 2.14. The number of rotatable bonds is 5. The molecule has 6 nitrogen and oxygen atoms in total. The molecule has 102 valence electrons. The Balaban J connectivity index is 2.88. The SMILES string of the molecule is CCN(CC(=O)NC(C)C)c1nc(C)cc(C#N)n1. The van der Waals surface area contributed by atoms with E-state index in [-0.39, 0.29) is 18.5 Å². The summed E-state index contributed by atoms with van der Waals surface area (Å²) in [4.78, 5) is 21.9. The van der Waals surface area contributed by atoms with Gasteiger partial charge in [-0.3, -0.25) is 4.79 Å². The molecule has 1 aromatic rings. The van der Waals surface area contributed by atoms with Gasteiger partial charge in [0.25, 0.3) is 0 Å². The Labute approximate surface area is 113 Å². The van der Waals surface area contributed by atoms with Crippen molar-refractivity contribution in [3.8, 4) is 6.07 Å². The van der Waals surface area contributed by atoms with Crippen molar-refractivity contribution in [3.63, 3.8) is 0 Å². The second kappa shape index (κ2) is 6.69. The molecule has 0 unspecified atom stereocenters. The first-order valence-corrected chi connectivity index (χ1v) is 6.26. The smallest absolute Gasteiger partial charge is 0.239 e. The van der Waals surface area contributed by atoms with Gasteiger partial charge in [0.1, 0.15) is 11.8 Å². The molecule has 0 aliphatic heterocycles. The molecule has 0 spiro atoms. The minimum absolute atomic E-state index is 0.0829.